The quantitative estimate of drug-likeness (QED) is 0.698. The summed E-state index contributed by atoms with van der Waals surface area (Å²) in [7, 11) is 1.79. The van der Waals surface area contributed by atoms with Crippen molar-refractivity contribution in [3.05, 3.63) is 58.3 Å². The van der Waals surface area contributed by atoms with Crippen LogP contribution in [-0.2, 0) is 13.5 Å². The van der Waals surface area contributed by atoms with Crippen LogP contribution in [0.15, 0.2) is 24.3 Å². The summed E-state index contributed by atoms with van der Waals surface area (Å²) in [6, 6.07) is 5.88. The molecule has 0 saturated carbocycles. The van der Waals surface area contributed by atoms with Gasteiger partial charge in [0.1, 0.15) is 11.5 Å². The number of carbonyl (C=O) groups excluding carboxylic acids is 2. The number of halogens is 1. The molecule has 1 aliphatic rings. The third-order valence-electron chi connectivity index (χ3n) is 6.09. The molecule has 31 heavy (non-hydrogen) atoms. The highest BCUT2D eigenvalue weighted by Gasteiger charge is 2.31. The Morgan fingerprint density at radius 1 is 1.29 bits per heavy atom. The molecule has 0 aliphatic carbocycles. The Bertz CT molecular complexity index is 1190. The number of amides is 2. The van der Waals surface area contributed by atoms with Gasteiger partial charge in [0.25, 0.3) is 11.8 Å². The lowest BCUT2D eigenvalue weighted by atomic mass is 9.90. The largest absolute Gasteiger partial charge is 0.366 e. The standard InChI is InChI=1S/C23H26FN5O2/c1-4-18-13(2)21(28(3)27-18)23(31)29-9-5-6-14(12-29)20-17(22(25)30)11-15-10-16(24)7-8-19(15)26-20/h7-8,10-11,14H,4-6,9,12H2,1-3H3,(H2,25,30). The summed E-state index contributed by atoms with van der Waals surface area (Å²) < 4.78 is 15.3. The molecule has 1 saturated heterocycles. The van der Waals surface area contributed by atoms with E-state index in [-0.39, 0.29) is 17.4 Å². The van der Waals surface area contributed by atoms with Gasteiger partial charge in [-0.3, -0.25) is 19.3 Å². The van der Waals surface area contributed by atoms with E-state index in [4.69, 9.17) is 5.73 Å². The van der Waals surface area contributed by atoms with Gasteiger partial charge < -0.3 is 10.6 Å². The maximum Gasteiger partial charge on any atom is 0.272 e. The molecule has 3 heterocycles. The molecule has 162 valence electrons. The Labute approximate surface area is 180 Å². The second-order valence-electron chi connectivity index (χ2n) is 8.11. The van der Waals surface area contributed by atoms with Crippen molar-refractivity contribution in [3.63, 3.8) is 0 Å². The first kappa shape index (κ1) is 21.0. The average molecular weight is 423 g/mol. The molecule has 4 rings (SSSR count). The zero-order chi connectivity index (χ0) is 22.3. The summed E-state index contributed by atoms with van der Waals surface area (Å²) in [6.07, 6.45) is 2.34. The van der Waals surface area contributed by atoms with E-state index in [1.54, 1.807) is 28.8 Å². The number of aromatic nitrogens is 3. The molecule has 1 fully saturated rings. The molecule has 1 aromatic carbocycles. The Kier molecular flexibility index (Phi) is 5.47. The van der Waals surface area contributed by atoms with Crippen molar-refractivity contribution < 1.29 is 14.0 Å². The van der Waals surface area contributed by atoms with E-state index >= 15 is 0 Å². The van der Waals surface area contributed by atoms with Crippen molar-refractivity contribution in [1.82, 2.24) is 19.7 Å². The van der Waals surface area contributed by atoms with E-state index in [0.29, 0.717) is 35.4 Å². The Balaban J connectivity index is 1.69. The van der Waals surface area contributed by atoms with Crippen LogP contribution in [0, 0.1) is 12.7 Å². The lowest BCUT2D eigenvalue weighted by molar-refractivity contribution is 0.0694. The van der Waals surface area contributed by atoms with E-state index in [1.807, 2.05) is 13.8 Å². The molecule has 7 nitrogen and oxygen atoms in total. The minimum atomic E-state index is -0.604. The highest BCUT2D eigenvalue weighted by Crippen LogP contribution is 2.31. The van der Waals surface area contributed by atoms with E-state index in [0.717, 1.165) is 30.5 Å². The Morgan fingerprint density at radius 3 is 2.74 bits per heavy atom. The van der Waals surface area contributed by atoms with Crippen LogP contribution in [0.2, 0.25) is 0 Å². The van der Waals surface area contributed by atoms with Gasteiger partial charge in [0.2, 0.25) is 0 Å². The topological polar surface area (TPSA) is 94.1 Å². The molecule has 3 aromatic rings. The number of hydrogen-bond acceptors (Lipinski definition) is 4. The van der Waals surface area contributed by atoms with Crippen LogP contribution in [0.3, 0.4) is 0 Å². The van der Waals surface area contributed by atoms with Gasteiger partial charge in [0.15, 0.2) is 0 Å². The Hall–Kier alpha value is -3.29. The first-order valence-corrected chi connectivity index (χ1v) is 10.5. The van der Waals surface area contributed by atoms with E-state index in [1.165, 1.54) is 12.1 Å². The number of fused-ring (bicyclic) bond motifs is 1. The van der Waals surface area contributed by atoms with E-state index in [2.05, 4.69) is 10.1 Å². The maximum absolute atomic E-state index is 13.6. The molecule has 1 aliphatic heterocycles. The Morgan fingerprint density at radius 2 is 2.06 bits per heavy atom. The molecule has 0 spiro atoms. The third-order valence-corrected chi connectivity index (χ3v) is 6.09. The second-order valence-corrected chi connectivity index (χ2v) is 8.11. The number of nitrogens with two attached hydrogens (primary N) is 1. The first-order chi connectivity index (χ1) is 14.8. The van der Waals surface area contributed by atoms with Crippen LogP contribution in [-0.4, -0.2) is 44.6 Å². The zero-order valence-corrected chi connectivity index (χ0v) is 18.0. The summed E-state index contributed by atoms with van der Waals surface area (Å²) in [6.45, 7) is 5.01. The molecular formula is C23H26FN5O2. The fraction of sp³-hybridized carbons (Fsp3) is 0.391. The molecule has 8 heteroatoms. The summed E-state index contributed by atoms with van der Waals surface area (Å²) in [4.78, 5) is 31.9. The van der Waals surface area contributed by atoms with Crippen molar-refractivity contribution in [2.24, 2.45) is 12.8 Å². The number of primary amides is 1. The molecule has 1 unspecified atom stereocenters. The number of likely N-dealkylation sites (tertiary alicyclic amines) is 1. The van der Waals surface area contributed by atoms with Gasteiger partial charge in [-0.1, -0.05) is 6.92 Å². The van der Waals surface area contributed by atoms with Crippen LogP contribution in [0.4, 0.5) is 4.39 Å². The maximum atomic E-state index is 13.6. The van der Waals surface area contributed by atoms with Gasteiger partial charge in [-0.2, -0.15) is 5.10 Å². The molecule has 2 aromatic heterocycles. The van der Waals surface area contributed by atoms with Crippen LogP contribution in [0.25, 0.3) is 10.9 Å². The molecule has 2 N–H and O–H groups in total. The van der Waals surface area contributed by atoms with Crippen molar-refractivity contribution in [2.45, 2.75) is 39.0 Å². The number of piperidine rings is 1. The fourth-order valence-corrected chi connectivity index (χ4v) is 4.53. The summed E-state index contributed by atoms with van der Waals surface area (Å²) >= 11 is 0. The normalized spacial score (nSPS) is 16.6. The van der Waals surface area contributed by atoms with E-state index in [9.17, 15) is 14.0 Å². The number of pyridine rings is 1. The van der Waals surface area contributed by atoms with Gasteiger partial charge in [-0.25, -0.2) is 4.39 Å². The summed E-state index contributed by atoms with van der Waals surface area (Å²) in [5.74, 6) is -1.20. The van der Waals surface area contributed by atoms with Crippen LogP contribution >= 0.6 is 0 Å². The molecule has 0 bridgehead atoms. The van der Waals surface area contributed by atoms with Crippen LogP contribution in [0.1, 0.15) is 63.5 Å². The van der Waals surface area contributed by atoms with Gasteiger partial charge >= 0.3 is 0 Å². The predicted molar refractivity (Wildman–Crippen MR) is 115 cm³/mol. The summed E-state index contributed by atoms with van der Waals surface area (Å²) in [5, 5.41) is 4.99. The van der Waals surface area contributed by atoms with Crippen LogP contribution < -0.4 is 5.73 Å². The minimum absolute atomic E-state index is 0.0691. The number of rotatable bonds is 4. The molecular weight excluding hydrogens is 397 g/mol. The fourth-order valence-electron chi connectivity index (χ4n) is 4.53. The molecule has 2 amide bonds. The van der Waals surface area contributed by atoms with Crippen molar-refractivity contribution in [1.29, 1.82) is 0 Å². The second kappa shape index (κ2) is 8.09. The lowest BCUT2D eigenvalue weighted by Crippen LogP contribution is -2.40. The van der Waals surface area contributed by atoms with Crippen LogP contribution in [0.5, 0.6) is 0 Å². The lowest BCUT2D eigenvalue weighted by Gasteiger charge is -2.33. The summed E-state index contributed by atoms with van der Waals surface area (Å²) in [5.41, 5.74) is 9.49. The smallest absolute Gasteiger partial charge is 0.272 e. The third kappa shape index (κ3) is 3.78. The molecule has 1 atom stereocenters. The van der Waals surface area contributed by atoms with Gasteiger partial charge in [-0.15, -0.1) is 0 Å². The van der Waals surface area contributed by atoms with Gasteiger partial charge in [0, 0.05) is 37.0 Å². The molecule has 0 radical (unpaired) electrons. The van der Waals surface area contributed by atoms with Crippen molar-refractivity contribution in [3.8, 4) is 0 Å². The number of aryl methyl sites for hydroxylation is 2. The number of hydrogen-bond donors (Lipinski definition) is 1. The highest BCUT2D eigenvalue weighted by molar-refractivity contribution is 5.98. The highest BCUT2D eigenvalue weighted by atomic mass is 19.1. The van der Waals surface area contributed by atoms with Gasteiger partial charge in [0.05, 0.1) is 22.5 Å². The predicted octanol–water partition coefficient (Wildman–Crippen LogP) is 3.10. The number of carbonyl (C=O) groups is 2. The van der Waals surface area contributed by atoms with E-state index < -0.39 is 11.7 Å². The first-order valence-electron chi connectivity index (χ1n) is 10.5. The van der Waals surface area contributed by atoms with Gasteiger partial charge in [-0.05, 0) is 50.5 Å². The van der Waals surface area contributed by atoms with Crippen molar-refractivity contribution >= 4 is 22.7 Å². The minimum Gasteiger partial charge on any atom is -0.366 e. The van der Waals surface area contributed by atoms with Crippen molar-refractivity contribution in [2.75, 3.05) is 13.1 Å². The monoisotopic (exact) mass is 423 g/mol. The zero-order valence-electron chi connectivity index (χ0n) is 18.0. The average Bonchev–Trinajstić information content (AvgIpc) is 3.05. The number of nitrogens with zero attached hydrogens (tertiary/aromatic N) is 4. The SMILES string of the molecule is CCc1nn(C)c(C(=O)N2CCCC(c3nc4ccc(F)cc4cc3C(N)=O)C2)c1C. The number of benzene rings is 1.